The highest BCUT2D eigenvalue weighted by Gasteiger charge is 2.15. The summed E-state index contributed by atoms with van der Waals surface area (Å²) in [4.78, 5) is 26.7. The van der Waals surface area contributed by atoms with Gasteiger partial charge in [-0.1, -0.05) is 30.3 Å². The van der Waals surface area contributed by atoms with Crippen LogP contribution in [0.1, 0.15) is 27.9 Å². The van der Waals surface area contributed by atoms with Crippen molar-refractivity contribution in [1.82, 2.24) is 5.32 Å². The normalized spacial score (nSPS) is 13.4. The molecule has 0 spiro atoms. The highest BCUT2D eigenvalue weighted by molar-refractivity contribution is 5.96. The van der Waals surface area contributed by atoms with Gasteiger partial charge < -0.3 is 14.6 Å². The van der Waals surface area contributed by atoms with Crippen LogP contribution < -0.4 is 15.8 Å². The second kappa shape index (κ2) is 7.27. The molecule has 0 unspecified atom stereocenters. The number of para-hydroxylation sites is 1. The number of nitrogens with one attached hydrogen (secondary N) is 1. The quantitative estimate of drug-likeness (QED) is 0.724. The van der Waals surface area contributed by atoms with E-state index < -0.39 is 11.5 Å². The van der Waals surface area contributed by atoms with E-state index in [-0.39, 0.29) is 5.56 Å². The monoisotopic (exact) mass is 362 g/mol. The molecule has 0 saturated carbocycles. The molecule has 1 amide bonds. The lowest BCUT2D eigenvalue weighted by Gasteiger charge is -2.27. The van der Waals surface area contributed by atoms with Crippen molar-refractivity contribution in [3.63, 3.8) is 0 Å². The number of hydrogen-bond donors (Lipinski definition) is 1. The zero-order valence-electron chi connectivity index (χ0n) is 15.3. The molecule has 0 saturated heterocycles. The van der Waals surface area contributed by atoms with Crippen molar-refractivity contribution in [2.75, 3.05) is 25.0 Å². The number of hydrogen-bond acceptors (Lipinski definition) is 4. The largest absolute Gasteiger partial charge is 0.422 e. The molecule has 1 aliphatic rings. The molecule has 138 valence electrons. The molecule has 0 aliphatic carbocycles. The molecule has 0 fully saturated rings. The maximum absolute atomic E-state index is 12.4. The second-order valence-electron chi connectivity index (χ2n) is 6.98. The van der Waals surface area contributed by atoms with Crippen LogP contribution in [-0.2, 0) is 12.8 Å². The summed E-state index contributed by atoms with van der Waals surface area (Å²) in [5.74, 6) is -0.396. The molecule has 0 radical (unpaired) electrons. The molecule has 4 rings (SSSR count). The summed E-state index contributed by atoms with van der Waals surface area (Å²) in [6.45, 7) is 1.57. The summed E-state index contributed by atoms with van der Waals surface area (Å²) in [5, 5.41) is 3.57. The summed E-state index contributed by atoms with van der Waals surface area (Å²) < 4.78 is 5.23. The average molecular weight is 362 g/mol. The summed E-state index contributed by atoms with van der Waals surface area (Å²) in [6, 6.07) is 15.2. The third-order valence-electron chi connectivity index (χ3n) is 5.08. The Balaban J connectivity index is 1.43. The summed E-state index contributed by atoms with van der Waals surface area (Å²) >= 11 is 0. The Morgan fingerprint density at radius 2 is 2.04 bits per heavy atom. The van der Waals surface area contributed by atoms with E-state index in [9.17, 15) is 9.59 Å². The zero-order valence-corrected chi connectivity index (χ0v) is 15.3. The molecule has 5 heteroatoms. The van der Waals surface area contributed by atoms with E-state index in [0.29, 0.717) is 12.1 Å². The van der Waals surface area contributed by atoms with Crippen LogP contribution in [0.3, 0.4) is 0 Å². The Kier molecular flexibility index (Phi) is 4.67. The van der Waals surface area contributed by atoms with E-state index in [1.54, 1.807) is 18.2 Å². The van der Waals surface area contributed by atoms with Gasteiger partial charge in [0.2, 0.25) is 0 Å². The molecule has 1 aliphatic heterocycles. The first-order chi connectivity index (χ1) is 13.1. The number of aryl methyl sites for hydroxylation is 1. The summed E-state index contributed by atoms with van der Waals surface area (Å²) in [5.41, 5.74) is 3.77. The predicted octanol–water partition coefficient (Wildman–Crippen LogP) is 3.15. The Hall–Kier alpha value is -3.08. The van der Waals surface area contributed by atoms with Crippen molar-refractivity contribution >= 4 is 22.6 Å². The van der Waals surface area contributed by atoms with Crippen LogP contribution in [-0.4, -0.2) is 26.0 Å². The number of anilines is 1. The van der Waals surface area contributed by atoms with Gasteiger partial charge in [0.05, 0.1) is 0 Å². The van der Waals surface area contributed by atoms with Gasteiger partial charge in [-0.25, -0.2) is 4.79 Å². The third-order valence-corrected chi connectivity index (χ3v) is 5.08. The molecule has 0 atom stereocenters. The zero-order chi connectivity index (χ0) is 18.8. The molecular weight excluding hydrogens is 340 g/mol. The number of fused-ring (bicyclic) bond motifs is 2. The van der Waals surface area contributed by atoms with E-state index in [0.717, 1.165) is 24.8 Å². The van der Waals surface area contributed by atoms with E-state index in [4.69, 9.17) is 4.42 Å². The standard InChI is InChI=1S/C22H22N2O3/c1-24-12-4-6-16-13-15(8-9-19(16)24)10-11-23-21(25)18-14-17-5-2-3-7-20(17)27-22(18)26/h2-3,5,7-9,13-14H,4,6,10-12H2,1H3,(H,23,25). The van der Waals surface area contributed by atoms with Crippen LogP contribution in [0.4, 0.5) is 5.69 Å². The number of amides is 1. The highest BCUT2D eigenvalue weighted by Crippen LogP contribution is 2.26. The van der Waals surface area contributed by atoms with Crippen molar-refractivity contribution in [2.45, 2.75) is 19.3 Å². The number of rotatable bonds is 4. The Bertz CT molecular complexity index is 1050. The fourth-order valence-electron chi connectivity index (χ4n) is 3.63. The molecule has 2 aromatic carbocycles. The van der Waals surface area contributed by atoms with Gasteiger partial charge in [0.25, 0.3) is 5.91 Å². The van der Waals surface area contributed by atoms with Crippen LogP contribution in [0, 0.1) is 0 Å². The van der Waals surface area contributed by atoms with Crippen molar-refractivity contribution in [3.8, 4) is 0 Å². The fourth-order valence-corrected chi connectivity index (χ4v) is 3.63. The van der Waals surface area contributed by atoms with Gasteiger partial charge in [0.1, 0.15) is 11.1 Å². The minimum absolute atomic E-state index is 0.0424. The summed E-state index contributed by atoms with van der Waals surface area (Å²) in [6.07, 6.45) is 2.99. The van der Waals surface area contributed by atoms with Crippen LogP contribution in [0.2, 0.25) is 0 Å². The van der Waals surface area contributed by atoms with Crippen molar-refractivity contribution in [2.24, 2.45) is 0 Å². The number of carbonyl (C=O) groups is 1. The van der Waals surface area contributed by atoms with Gasteiger partial charge in [-0.2, -0.15) is 0 Å². The van der Waals surface area contributed by atoms with E-state index in [1.807, 2.05) is 12.1 Å². The predicted molar refractivity (Wildman–Crippen MR) is 107 cm³/mol. The molecule has 1 aromatic heterocycles. The molecule has 3 aromatic rings. The maximum atomic E-state index is 12.4. The minimum Gasteiger partial charge on any atom is -0.422 e. The lowest BCUT2D eigenvalue weighted by molar-refractivity contribution is 0.0950. The smallest absolute Gasteiger partial charge is 0.349 e. The molecular formula is C22H22N2O3. The van der Waals surface area contributed by atoms with Crippen molar-refractivity contribution in [3.05, 3.63) is 75.6 Å². The number of carbonyl (C=O) groups excluding carboxylic acids is 1. The van der Waals surface area contributed by atoms with Gasteiger partial charge in [-0.05, 0) is 48.6 Å². The number of benzene rings is 2. The second-order valence-corrected chi connectivity index (χ2v) is 6.98. The minimum atomic E-state index is -0.608. The first-order valence-electron chi connectivity index (χ1n) is 9.26. The van der Waals surface area contributed by atoms with Gasteiger partial charge in [0, 0.05) is 31.2 Å². The van der Waals surface area contributed by atoms with Crippen molar-refractivity contribution in [1.29, 1.82) is 0 Å². The number of nitrogens with zero attached hydrogens (tertiary/aromatic N) is 1. The van der Waals surface area contributed by atoms with Gasteiger partial charge >= 0.3 is 5.63 Å². The van der Waals surface area contributed by atoms with E-state index >= 15 is 0 Å². The molecule has 2 heterocycles. The molecule has 5 nitrogen and oxygen atoms in total. The highest BCUT2D eigenvalue weighted by atomic mass is 16.4. The molecule has 1 N–H and O–H groups in total. The average Bonchev–Trinajstić information content (AvgIpc) is 2.67. The summed E-state index contributed by atoms with van der Waals surface area (Å²) in [7, 11) is 2.12. The Labute approximate surface area is 157 Å². The Morgan fingerprint density at radius 1 is 1.19 bits per heavy atom. The van der Waals surface area contributed by atoms with Crippen LogP contribution >= 0.6 is 0 Å². The van der Waals surface area contributed by atoms with Gasteiger partial charge in [-0.3, -0.25) is 4.79 Å². The fraction of sp³-hybridized carbons (Fsp3) is 0.273. The topological polar surface area (TPSA) is 62.6 Å². The lowest BCUT2D eigenvalue weighted by atomic mass is 9.98. The Morgan fingerprint density at radius 3 is 2.93 bits per heavy atom. The first-order valence-corrected chi connectivity index (χ1v) is 9.26. The first kappa shape index (κ1) is 17.3. The third kappa shape index (κ3) is 3.58. The van der Waals surface area contributed by atoms with Gasteiger partial charge in [-0.15, -0.1) is 0 Å². The van der Waals surface area contributed by atoms with Gasteiger partial charge in [0.15, 0.2) is 0 Å². The van der Waals surface area contributed by atoms with Crippen LogP contribution in [0.15, 0.2) is 57.7 Å². The van der Waals surface area contributed by atoms with Crippen molar-refractivity contribution < 1.29 is 9.21 Å². The maximum Gasteiger partial charge on any atom is 0.349 e. The van der Waals surface area contributed by atoms with E-state index in [1.165, 1.54) is 23.2 Å². The van der Waals surface area contributed by atoms with E-state index in [2.05, 4.69) is 35.5 Å². The van der Waals surface area contributed by atoms with Crippen LogP contribution in [0.25, 0.3) is 11.0 Å². The molecule has 27 heavy (non-hydrogen) atoms. The van der Waals surface area contributed by atoms with Crippen LogP contribution in [0.5, 0.6) is 0 Å². The lowest BCUT2D eigenvalue weighted by Crippen LogP contribution is -2.30. The SMILES string of the molecule is CN1CCCc2cc(CCNC(=O)c3cc4ccccc4oc3=O)ccc21. The molecule has 0 bridgehead atoms.